The zero-order chi connectivity index (χ0) is 9.14. The average molecular weight is 186 g/mol. The minimum Gasteiger partial charge on any atom is -0.507 e. The van der Waals surface area contributed by atoms with Gasteiger partial charge in [-0.2, -0.15) is 0 Å². The van der Waals surface area contributed by atoms with Gasteiger partial charge in [0, 0.05) is 0 Å². The second kappa shape index (κ2) is 3.45. The molecule has 0 atom stereocenters. The maximum Gasteiger partial charge on any atom is 0.135 e. The summed E-state index contributed by atoms with van der Waals surface area (Å²) < 4.78 is 4.90. The molecule has 0 spiro atoms. The van der Waals surface area contributed by atoms with Crippen LogP contribution in [0.4, 0.5) is 0 Å². The summed E-state index contributed by atoms with van der Waals surface area (Å²) in [5.74, 6) is 0.351. The van der Waals surface area contributed by atoms with Gasteiger partial charge in [0.15, 0.2) is 0 Å². The SMILES string of the molecule is COc1cccc(O)c1C(=N)Cl. The van der Waals surface area contributed by atoms with E-state index in [1.54, 1.807) is 12.1 Å². The summed E-state index contributed by atoms with van der Waals surface area (Å²) in [6.07, 6.45) is 0. The smallest absolute Gasteiger partial charge is 0.135 e. The van der Waals surface area contributed by atoms with Crippen LogP contribution in [0.5, 0.6) is 11.5 Å². The fourth-order valence-electron chi connectivity index (χ4n) is 0.910. The molecule has 64 valence electrons. The van der Waals surface area contributed by atoms with Gasteiger partial charge in [0.1, 0.15) is 16.7 Å². The standard InChI is InChI=1S/C8H8ClNO2/c1-12-6-4-2-3-5(11)7(6)8(9)10/h2-4,10-11H,1H3. The van der Waals surface area contributed by atoms with E-state index in [0.717, 1.165) is 0 Å². The number of hydrogen-bond donors (Lipinski definition) is 2. The largest absolute Gasteiger partial charge is 0.507 e. The van der Waals surface area contributed by atoms with Gasteiger partial charge in [0.25, 0.3) is 0 Å². The van der Waals surface area contributed by atoms with Crippen LogP contribution in [0.1, 0.15) is 5.56 Å². The number of benzene rings is 1. The van der Waals surface area contributed by atoms with E-state index in [0.29, 0.717) is 5.75 Å². The van der Waals surface area contributed by atoms with Crippen LogP contribution >= 0.6 is 11.6 Å². The van der Waals surface area contributed by atoms with Crippen molar-refractivity contribution in [2.75, 3.05) is 7.11 Å². The van der Waals surface area contributed by atoms with Crippen LogP contribution in [0.3, 0.4) is 0 Å². The van der Waals surface area contributed by atoms with E-state index in [2.05, 4.69) is 0 Å². The van der Waals surface area contributed by atoms with E-state index in [9.17, 15) is 5.11 Å². The van der Waals surface area contributed by atoms with Gasteiger partial charge in [-0.15, -0.1) is 0 Å². The first-order valence-electron chi connectivity index (χ1n) is 3.27. The van der Waals surface area contributed by atoms with Crippen LogP contribution in [0.15, 0.2) is 18.2 Å². The minimum absolute atomic E-state index is 0.0469. The number of phenolic OH excluding ortho intramolecular Hbond substituents is 1. The van der Waals surface area contributed by atoms with Crippen LogP contribution in [-0.2, 0) is 0 Å². The monoisotopic (exact) mass is 185 g/mol. The van der Waals surface area contributed by atoms with Crippen LogP contribution in [-0.4, -0.2) is 17.4 Å². The van der Waals surface area contributed by atoms with Crippen LogP contribution in [0.2, 0.25) is 0 Å². The van der Waals surface area contributed by atoms with E-state index in [-0.39, 0.29) is 16.5 Å². The first-order chi connectivity index (χ1) is 5.66. The number of phenols is 1. The molecule has 0 aliphatic rings. The van der Waals surface area contributed by atoms with Crippen molar-refractivity contribution in [3.63, 3.8) is 0 Å². The molecule has 4 heteroatoms. The molecule has 0 unspecified atom stereocenters. The quantitative estimate of drug-likeness (QED) is 0.693. The molecule has 0 aromatic heterocycles. The molecule has 1 aromatic rings. The van der Waals surface area contributed by atoms with Crippen molar-refractivity contribution in [2.45, 2.75) is 0 Å². The maximum absolute atomic E-state index is 9.29. The molecule has 0 radical (unpaired) electrons. The van der Waals surface area contributed by atoms with E-state index in [4.69, 9.17) is 21.7 Å². The number of ether oxygens (including phenoxy) is 1. The number of rotatable bonds is 2. The predicted molar refractivity (Wildman–Crippen MR) is 47.3 cm³/mol. The Morgan fingerprint density at radius 1 is 1.58 bits per heavy atom. The Labute approximate surface area is 75.1 Å². The Bertz CT molecular complexity index is 312. The van der Waals surface area contributed by atoms with Crippen molar-refractivity contribution in [1.29, 1.82) is 5.41 Å². The molecule has 0 aliphatic heterocycles. The summed E-state index contributed by atoms with van der Waals surface area (Å²) in [6, 6.07) is 4.71. The third-order valence-corrected chi connectivity index (χ3v) is 1.63. The van der Waals surface area contributed by atoms with Gasteiger partial charge in [-0.1, -0.05) is 17.7 Å². The number of methoxy groups -OCH3 is 1. The maximum atomic E-state index is 9.29. The molecule has 1 aromatic carbocycles. The molecule has 1 rings (SSSR count). The summed E-state index contributed by atoms with van der Waals surface area (Å²) in [5.41, 5.74) is 0.224. The minimum atomic E-state index is -0.232. The van der Waals surface area contributed by atoms with Gasteiger partial charge in [-0.3, -0.25) is 5.41 Å². The molecular weight excluding hydrogens is 178 g/mol. The van der Waals surface area contributed by atoms with Gasteiger partial charge >= 0.3 is 0 Å². The molecule has 0 heterocycles. The molecular formula is C8H8ClNO2. The van der Waals surface area contributed by atoms with E-state index in [1.807, 2.05) is 0 Å². The third kappa shape index (κ3) is 1.51. The molecule has 12 heavy (non-hydrogen) atoms. The number of aromatic hydroxyl groups is 1. The van der Waals surface area contributed by atoms with Gasteiger partial charge in [-0.05, 0) is 12.1 Å². The number of halogens is 1. The molecule has 0 fully saturated rings. The highest BCUT2D eigenvalue weighted by Gasteiger charge is 2.10. The lowest BCUT2D eigenvalue weighted by atomic mass is 10.2. The fourth-order valence-corrected chi connectivity index (χ4v) is 1.10. The van der Waals surface area contributed by atoms with Crippen LogP contribution in [0, 0.1) is 5.41 Å². The zero-order valence-corrected chi connectivity index (χ0v) is 7.22. The van der Waals surface area contributed by atoms with Crippen molar-refractivity contribution in [2.24, 2.45) is 0 Å². The Morgan fingerprint density at radius 2 is 2.25 bits per heavy atom. The summed E-state index contributed by atoms with van der Waals surface area (Å²) in [5, 5.41) is 16.2. The van der Waals surface area contributed by atoms with Crippen molar-refractivity contribution >= 4 is 16.8 Å². The topological polar surface area (TPSA) is 53.3 Å². The second-order valence-electron chi connectivity index (χ2n) is 2.17. The molecule has 0 saturated carbocycles. The first kappa shape index (κ1) is 8.87. The Hall–Kier alpha value is -1.22. The lowest BCUT2D eigenvalue weighted by Crippen LogP contribution is -1.95. The highest BCUT2D eigenvalue weighted by atomic mass is 35.5. The fraction of sp³-hybridized carbons (Fsp3) is 0.125. The van der Waals surface area contributed by atoms with E-state index >= 15 is 0 Å². The molecule has 0 amide bonds. The van der Waals surface area contributed by atoms with E-state index in [1.165, 1.54) is 13.2 Å². The Kier molecular flexibility index (Phi) is 2.55. The van der Waals surface area contributed by atoms with Crippen molar-refractivity contribution in [1.82, 2.24) is 0 Å². The zero-order valence-electron chi connectivity index (χ0n) is 6.47. The predicted octanol–water partition coefficient (Wildman–Crippen LogP) is 1.96. The van der Waals surface area contributed by atoms with Crippen molar-refractivity contribution in [3.8, 4) is 11.5 Å². The normalized spacial score (nSPS) is 9.50. The highest BCUT2D eigenvalue weighted by Crippen LogP contribution is 2.28. The third-order valence-electron chi connectivity index (χ3n) is 1.44. The molecule has 0 saturated heterocycles. The van der Waals surface area contributed by atoms with Crippen LogP contribution in [0.25, 0.3) is 0 Å². The summed E-state index contributed by atoms with van der Waals surface area (Å²) in [7, 11) is 1.46. The Morgan fingerprint density at radius 3 is 2.67 bits per heavy atom. The molecule has 0 aliphatic carbocycles. The van der Waals surface area contributed by atoms with Crippen molar-refractivity contribution in [3.05, 3.63) is 23.8 Å². The molecule has 3 nitrogen and oxygen atoms in total. The summed E-state index contributed by atoms with van der Waals surface area (Å²) in [6.45, 7) is 0. The molecule has 2 N–H and O–H groups in total. The van der Waals surface area contributed by atoms with E-state index < -0.39 is 0 Å². The van der Waals surface area contributed by atoms with Gasteiger partial charge in [0.2, 0.25) is 0 Å². The van der Waals surface area contributed by atoms with Gasteiger partial charge in [0.05, 0.1) is 12.7 Å². The average Bonchev–Trinajstić information content (AvgIpc) is 2.03. The van der Waals surface area contributed by atoms with Gasteiger partial charge < -0.3 is 9.84 Å². The number of nitrogens with one attached hydrogen (secondary N) is 1. The van der Waals surface area contributed by atoms with Crippen molar-refractivity contribution < 1.29 is 9.84 Å². The Balaban J connectivity index is 3.29. The number of hydrogen-bond acceptors (Lipinski definition) is 3. The van der Waals surface area contributed by atoms with Gasteiger partial charge in [-0.25, -0.2) is 0 Å². The second-order valence-corrected chi connectivity index (χ2v) is 2.55. The summed E-state index contributed by atoms with van der Waals surface area (Å²) >= 11 is 5.44. The van der Waals surface area contributed by atoms with Crippen LogP contribution < -0.4 is 4.74 Å². The lowest BCUT2D eigenvalue weighted by Gasteiger charge is -2.06. The molecule has 0 bridgehead atoms. The first-order valence-corrected chi connectivity index (χ1v) is 3.65. The lowest BCUT2D eigenvalue weighted by molar-refractivity contribution is 0.406. The highest BCUT2D eigenvalue weighted by molar-refractivity contribution is 6.69. The summed E-state index contributed by atoms with van der Waals surface area (Å²) in [4.78, 5) is 0.